The van der Waals surface area contributed by atoms with Gasteiger partial charge >= 0.3 is 0 Å². The number of ether oxygens (including phenoxy) is 1. The lowest BCUT2D eigenvalue weighted by Crippen LogP contribution is -2.37. The first-order valence-electron chi connectivity index (χ1n) is 11.6. The standard InChI is InChI=1S/C25H25N9O2/c1-16-19(20-12-23(33-6-8-36-9-7-33)34-22(31-20)4-5-29-34)11-18(14-27-16)30-24(35)17-10-21(32-28-13-17)25(2,3)15-26/h4-5,10-14H,6-9H2,1-3H3,(H,30,35). The molecule has 0 aromatic carbocycles. The van der Waals surface area contributed by atoms with Crippen molar-refractivity contribution in [3.8, 4) is 17.3 Å². The van der Waals surface area contributed by atoms with Gasteiger partial charge in [-0.15, -0.1) is 0 Å². The highest BCUT2D eigenvalue weighted by Crippen LogP contribution is 2.29. The van der Waals surface area contributed by atoms with Crippen molar-refractivity contribution in [2.45, 2.75) is 26.2 Å². The first-order valence-corrected chi connectivity index (χ1v) is 11.6. The van der Waals surface area contributed by atoms with Crippen molar-refractivity contribution >= 4 is 23.1 Å². The Morgan fingerprint density at radius 2 is 2.00 bits per heavy atom. The van der Waals surface area contributed by atoms with Crippen molar-refractivity contribution in [1.82, 2.24) is 29.8 Å². The molecule has 5 rings (SSSR count). The normalized spacial score (nSPS) is 14.0. The van der Waals surface area contributed by atoms with E-state index in [-0.39, 0.29) is 5.91 Å². The Balaban J connectivity index is 1.47. The number of hydrogen-bond donors (Lipinski definition) is 1. The number of fused-ring (bicyclic) bond motifs is 1. The summed E-state index contributed by atoms with van der Waals surface area (Å²) in [5.74, 6) is 0.553. The Bertz CT molecular complexity index is 1480. The third kappa shape index (κ3) is 4.46. The molecule has 11 heteroatoms. The Hall–Kier alpha value is -4.43. The summed E-state index contributed by atoms with van der Waals surface area (Å²) in [5.41, 5.74) is 3.41. The number of morpholine rings is 1. The van der Waals surface area contributed by atoms with E-state index in [0.29, 0.717) is 30.2 Å². The SMILES string of the molecule is Cc1ncc(NC(=O)c2cnnc(C(C)(C)C#N)c2)cc1-c1cc(N2CCOCC2)n2nccc2n1. The van der Waals surface area contributed by atoms with Crippen molar-refractivity contribution < 1.29 is 9.53 Å². The third-order valence-electron chi connectivity index (χ3n) is 6.13. The number of rotatable bonds is 5. The Morgan fingerprint density at radius 3 is 2.78 bits per heavy atom. The molecule has 0 radical (unpaired) electrons. The van der Waals surface area contributed by atoms with Crippen LogP contribution in [0.25, 0.3) is 16.9 Å². The zero-order chi connectivity index (χ0) is 25.3. The van der Waals surface area contributed by atoms with Crippen LogP contribution in [0.3, 0.4) is 0 Å². The minimum Gasteiger partial charge on any atom is -0.378 e. The largest absolute Gasteiger partial charge is 0.378 e. The smallest absolute Gasteiger partial charge is 0.257 e. The van der Waals surface area contributed by atoms with Gasteiger partial charge in [-0.3, -0.25) is 9.78 Å². The van der Waals surface area contributed by atoms with Crippen molar-refractivity contribution in [1.29, 1.82) is 5.26 Å². The van der Waals surface area contributed by atoms with E-state index in [0.717, 1.165) is 41.5 Å². The number of nitrogens with zero attached hydrogens (tertiary/aromatic N) is 8. The zero-order valence-corrected chi connectivity index (χ0v) is 20.3. The first kappa shape index (κ1) is 23.3. The molecule has 36 heavy (non-hydrogen) atoms. The van der Waals surface area contributed by atoms with E-state index in [1.807, 2.05) is 29.6 Å². The highest BCUT2D eigenvalue weighted by Gasteiger charge is 2.24. The second-order valence-electron chi connectivity index (χ2n) is 9.08. The molecule has 0 unspecified atom stereocenters. The van der Waals surface area contributed by atoms with Gasteiger partial charge in [0.2, 0.25) is 0 Å². The predicted octanol–water partition coefficient (Wildman–Crippen LogP) is 2.78. The maximum absolute atomic E-state index is 13.0. The van der Waals surface area contributed by atoms with Crippen LogP contribution in [-0.2, 0) is 10.2 Å². The lowest BCUT2D eigenvalue weighted by Gasteiger charge is -2.29. The van der Waals surface area contributed by atoms with Crippen molar-refractivity contribution in [2.75, 3.05) is 36.5 Å². The van der Waals surface area contributed by atoms with Crippen LogP contribution >= 0.6 is 0 Å². The summed E-state index contributed by atoms with van der Waals surface area (Å²) in [6.45, 7) is 8.18. The van der Waals surface area contributed by atoms with Crippen LogP contribution in [0.1, 0.15) is 35.6 Å². The van der Waals surface area contributed by atoms with Gasteiger partial charge < -0.3 is 15.0 Å². The number of aromatic nitrogens is 6. The molecule has 1 saturated heterocycles. The number of hydrogen-bond acceptors (Lipinski definition) is 9. The minimum absolute atomic E-state index is 0.304. The summed E-state index contributed by atoms with van der Waals surface area (Å²) in [7, 11) is 0. The van der Waals surface area contributed by atoms with Crippen molar-refractivity contribution in [3.05, 3.63) is 59.8 Å². The average Bonchev–Trinajstić information content (AvgIpc) is 3.38. The van der Waals surface area contributed by atoms with Crippen LogP contribution in [0.4, 0.5) is 11.5 Å². The minimum atomic E-state index is -0.863. The molecule has 182 valence electrons. The van der Waals surface area contributed by atoms with E-state index in [9.17, 15) is 10.1 Å². The lowest BCUT2D eigenvalue weighted by atomic mass is 9.90. The van der Waals surface area contributed by atoms with Crippen molar-refractivity contribution in [2.24, 2.45) is 0 Å². The number of carbonyl (C=O) groups excluding carboxylic acids is 1. The number of anilines is 2. The maximum Gasteiger partial charge on any atom is 0.257 e. The Kier molecular flexibility index (Phi) is 6.03. The van der Waals surface area contributed by atoms with E-state index in [4.69, 9.17) is 9.72 Å². The highest BCUT2D eigenvalue weighted by atomic mass is 16.5. The number of nitriles is 1. The summed E-state index contributed by atoms with van der Waals surface area (Å²) in [4.78, 5) is 24.5. The quantitative estimate of drug-likeness (QED) is 0.455. The molecule has 4 aromatic heterocycles. The van der Waals surface area contributed by atoms with Crippen molar-refractivity contribution in [3.63, 3.8) is 0 Å². The molecule has 1 fully saturated rings. The van der Waals surface area contributed by atoms with Gasteiger partial charge in [-0.1, -0.05) is 0 Å². The summed E-state index contributed by atoms with van der Waals surface area (Å²) in [6, 6.07) is 9.46. The second-order valence-corrected chi connectivity index (χ2v) is 9.08. The van der Waals surface area contributed by atoms with Crippen LogP contribution in [0.5, 0.6) is 0 Å². The van der Waals surface area contributed by atoms with Gasteiger partial charge in [0, 0.05) is 36.5 Å². The van der Waals surface area contributed by atoms with Gasteiger partial charge in [0.05, 0.1) is 65.9 Å². The van der Waals surface area contributed by atoms with E-state index in [1.54, 1.807) is 32.3 Å². The molecule has 1 amide bonds. The molecule has 0 saturated carbocycles. The fourth-order valence-electron chi connectivity index (χ4n) is 3.97. The predicted molar refractivity (Wildman–Crippen MR) is 133 cm³/mol. The zero-order valence-electron chi connectivity index (χ0n) is 20.3. The molecule has 0 atom stereocenters. The fourth-order valence-corrected chi connectivity index (χ4v) is 3.97. The number of nitrogens with one attached hydrogen (secondary N) is 1. The highest BCUT2D eigenvalue weighted by molar-refractivity contribution is 6.04. The maximum atomic E-state index is 13.0. The van der Waals surface area contributed by atoms with Crippen LogP contribution in [0.2, 0.25) is 0 Å². The molecule has 1 aliphatic rings. The van der Waals surface area contributed by atoms with Crippen LogP contribution in [0, 0.1) is 18.3 Å². The first-order chi connectivity index (χ1) is 17.4. The van der Waals surface area contributed by atoms with Gasteiger partial charge in [-0.25, -0.2) is 4.98 Å². The average molecular weight is 484 g/mol. The molecular weight excluding hydrogens is 458 g/mol. The van der Waals surface area contributed by atoms with Crippen LogP contribution in [0.15, 0.2) is 42.9 Å². The molecule has 1 aliphatic heterocycles. The number of amides is 1. The summed E-state index contributed by atoms with van der Waals surface area (Å²) >= 11 is 0. The number of pyridine rings is 1. The summed E-state index contributed by atoms with van der Waals surface area (Å²) < 4.78 is 7.33. The van der Waals surface area contributed by atoms with Crippen LogP contribution < -0.4 is 10.2 Å². The molecule has 0 aliphatic carbocycles. The van der Waals surface area contributed by atoms with Gasteiger partial charge in [0.25, 0.3) is 5.91 Å². The van der Waals surface area contributed by atoms with E-state index in [1.165, 1.54) is 6.20 Å². The summed E-state index contributed by atoms with van der Waals surface area (Å²) in [5, 5.41) is 24.6. The Labute approximate surface area is 207 Å². The van der Waals surface area contributed by atoms with Gasteiger partial charge in [-0.05, 0) is 32.9 Å². The topological polar surface area (TPSA) is 134 Å². The molecule has 0 spiro atoms. The number of carbonyl (C=O) groups is 1. The van der Waals surface area contributed by atoms with E-state index < -0.39 is 5.41 Å². The molecule has 11 nitrogen and oxygen atoms in total. The van der Waals surface area contributed by atoms with E-state index >= 15 is 0 Å². The van der Waals surface area contributed by atoms with Gasteiger partial charge in [0.1, 0.15) is 5.82 Å². The van der Waals surface area contributed by atoms with Gasteiger partial charge in [-0.2, -0.15) is 25.1 Å². The van der Waals surface area contributed by atoms with Crippen LogP contribution in [-0.4, -0.2) is 62.0 Å². The summed E-state index contributed by atoms with van der Waals surface area (Å²) in [6.07, 6.45) is 4.70. The number of aryl methyl sites for hydroxylation is 1. The fraction of sp³-hybridized carbons (Fsp3) is 0.320. The Morgan fingerprint density at radius 1 is 1.19 bits per heavy atom. The molecule has 4 aromatic rings. The lowest BCUT2D eigenvalue weighted by molar-refractivity contribution is 0.102. The molecule has 5 heterocycles. The molecule has 0 bridgehead atoms. The monoisotopic (exact) mass is 483 g/mol. The molecular formula is C25H25N9O2. The third-order valence-corrected chi connectivity index (χ3v) is 6.13. The second kappa shape index (κ2) is 9.31. The van der Waals surface area contributed by atoms with Gasteiger partial charge in [0.15, 0.2) is 5.65 Å². The van der Waals surface area contributed by atoms with E-state index in [2.05, 4.69) is 36.6 Å². The molecule has 1 N–H and O–H groups in total.